The monoisotopic (exact) mass is 308 g/mol. The Bertz CT molecular complexity index is 736. The Hall–Kier alpha value is -3.15. The van der Waals surface area contributed by atoms with Crippen LogP contribution >= 0.6 is 0 Å². The number of nitrogens with zero attached hydrogens (tertiary/aromatic N) is 2. The van der Waals surface area contributed by atoms with Gasteiger partial charge in [0.2, 0.25) is 0 Å². The van der Waals surface area contributed by atoms with Crippen molar-refractivity contribution in [1.29, 1.82) is 0 Å². The second-order valence-corrected chi connectivity index (χ2v) is 5.07. The van der Waals surface area contributed by atoms with Crippen LogP contribution in [0.25, 0.3) is 0 Å². The van der Waals surface area contributed by atoms with Crippen LogP contribution in [0, 0.1) is 0 Å². The molecule has 23 heavy (non-hydrogen) atoms. The van der Waals surface area contributed by atoms with Crippen LogP contribution in [-0.4, -0.2) is 35.8 Å². The third-order valence-corrected chi connectivity index (χ3v) is 3.53. The predicted octanol–water partition coefficient (Wildman–Crippen LogP) is 1.71. The van der Waals surface area contributed by atoms with Crippen molar-refractivity contribution in [2.24, 2.45) is 10.7 Å². The van der Waals surface area contributed by atoms with Gasteiger partial charge in [0.05, 0.1) is 17.7 Å². The van der Waals surface area contributed by atoms with Gasteiger partial charge in [-0.15, -0.1) is 0 Å². The number of nitrogens with two attached hydrogens (primary N) is 1. The van der Waals surface area contributed by atoms with E-state index in [0.717, 1.165) is 5.69 Å². The van der Waals surface area contributed by atoms with E-state index >= 15 is 0 Å². The second-order valence-electron chi connectivity index (χ2n) is 5.07. The molecular weight excluding hydrogens is 292 g/mol. The van der Waals surface area contributed by atoms with Gasteiger partial charge in [0, 0.05) is 12.2 Å². The van der Waals surface area contributed by atoms with Crippen molar-refractivity contribution in [2.45, 2.75) is 0 Å². The number of hydrogen-bond donors (Lipinski definition) is 2. The van der Waals surface area contributed by atoms with Gasteiger partial charge < -0.3 is 11.1 Å². The minimum Gasteiger partial charge on any atom is -0.370 e. The Balaban J connectivity index is 1.60. The lowest BCUT2D eigenvalue weighted by atomic mass is 10.1. The molecule has 3 rings (SSSR count). The summed E-state index contributed by atoms with van der Waals surface area (Å²) in [6, 6.07) is 16.2. The number of benzene rings is 2. The second kappa shape index (κ2) is 6.31. The summed E-state index contributed by atoms with van der Waals surface area (Å²) in [5.41, 5.74) is 7.51. The maximum atomic E-state index is 12.2. The first kappa shape index (κ1) is 14.8. The van der Waals surface area contributed by atoms with E-state index in [-0.39, 0.29) is 30.9 Å². The number of nitrogens with one attached hydrogen (secondary N) is 1. The molecule has 0 radical (unpaired) electrons. The lowest BCUT2D eigenvalue weighted by Gasteiger charge is -2.12. The molecular formula is C17H16N4O2. The van der Waals surface area contributed by atoms with Crippen molar-refractivity contribution < 1.29 is 9.59 Å². The number of carbonyl (C=O) groups is 2. The molecule has 0 saturated carbocycles. The highest BCUT2D eigenvalue weighted by Gasteiger charge is 2.34. The average molecular weight is 308 g/mol. The van der Waals surface area contributed by atoms with Crippen LogP contribution in [0.5, 0.6) is 0 Å². The van der Waals surface area contributed by atoms with Crippen molar-refractivity contribution >= 4 is 23.5 Å². The molecule has 0 aliphatic carbocycles. The standard InChI is InChI=1S/C17H16N4O2/c18-17(20-12-6-2-1-3-7-12)19-10-11-21-15(22)13-8-4-5-9-14(13)16(21)23/h1-9H,10-11H2,(H3,18,19,20). The third kappa shape index (κ3) is 3.06. The van der Waals surface area contributed by atoms with Crippen molar-refractivity contribution in [3.05, 3.63) is 65.7 Å². The first-order valence-corrected chi connectivity index (χ1v) is 7.24. The number of carbonyl (C=O) groups excluding carboxylic acids is 2. The summed E-state index contributed by atoms with van der Waals surface area (Å²) in [7, 11) is 0. The number of hydrogen-bond acceptors (Lipinski definition) is 3. The number of para-hydroxylation sites is 1. The summed E-state index contributed by atoms with van der Waals surface area (Å²) in [6.07, 6.45) is 0. The highest BCUT2D eigenvalue weighted by molar-refractivity contribution is 6.21. The summed E-state index contributed by atoms with van der Waals surface area (Å²) in [6.45, 7) is 0.445. The Morgan fingerprint density at radius 3 is 2.13 bits per heavy atom. The molecule has 6 heteroatoms. The van der Waals surface area contributed by atoms with Gasteiger partial charge in [-0.1, -0.05) is 30.3 Å². The first-order chi connectivity index (χ1) is 11.2. The molecule has 0 atom stereocenters. The number of fused-ring (bicyclic) bond motifs is 1. The number of amides is 2. The van der Waals surface area contributed by atoms with E-state index in [9.17, 15) is 9.59 Å². The van der Waals surface area contributed by atoms with E-state index < -0.39 is 0 Å². The van der Waals surface area contributed by atoms with Gasteiger partial charge in [0.15, 0.2) is 5.96 Å². The van der Waals surface area contributed by atoms with Gasteiger partial charge in [-0.3, -0.25) is 19.5 Å². The minimum absolute atomic E-state index is 0.198. The van der Waals surface area contributed by atoms with Gasteiger partial charge in [-0.2, -0.15) is 0 Å². The summed E-state index contributed by atoms with van der Waals surface area (Å²) < 4.78 is 0. The molecule has 6 nitrogen and oxygen atoms in total. The van der Waals surface area contributed by atoms with Gasteiger partial charge in [0.25, 0.3) is 11.8 Å². The Labute approximate surface area is 133 Å². The SMILES string of the molecule is NC(=NCCN1C(=O)c2ccccc2C1=O)Nc1ccccc1. The smallest absolute Gasteiger partial charge is 0.261 e. The minimum atomic E-state index is -0.282. The molecule has 116 valence electrons. The van der Waals surface area contributed by atoms with Gasteiger partial charge >= 0.3 is 0 Å². The van der Waals surface area contributed by atoms with E-state index in [0.29, 0.717) is 11.1 Å². The lowest BCUT2D eigenvalue weighted by molar-refractivity contribution is 0.0659. The fourth-order valence-corrected chi connectivity index (χ4v) is 2.42. The van der Waals surface area contributed by atoms with E-state index in [1.54, 1.807) is 24.3 Å². The van der Waals surface area contributed by atoms with Crippen LogP contribution in [0.2, 0.25) is 0 Å². The van der Waals surface area contributed by atoms with Crippen LogP contribution in [0.3, 0.4) is 0 Å². The molecule has 2 aromatic carbocycles. The fraction of sp³-hybridized carbons (Fsp3) is 0.118. The zero-order valence-electron chi connectivity index (χ0n) is 12.4. The topological polar surface area (TPSA) is 87.8 Å². The van der Waals surface area contributed by atoms with Crippen LogP contribution in [0.4, 0.5) is 5.69 Å². The van der Waals surface area contributed by atoms with Crippen molar-refractivity contribution in [1.82, 2.24) is 4.90 Å². The van der Waals surface area contributed by atoms with E-state index in [1.807, 2.05) is 30.3 Å². The van der Waals surface area contributed by atoms with Crippen LogP contribution in [0.1, 0.15) is 20.7 Å². The van der Waals surface area contributed by atoms with E-state index in [1.165, 1.54) is 4.90 Å². The summed E-state index contributed by atoms with van der Waals surface area (Å²) in [4.78, 5) is 29.7. The molecule has 2 aromatic rings. The van der Waals surface area contributed by atoms with Crippen LogP contribution in [-0.2, 0) is 0 Å². The summed E-state index contributed by atoms with van der Waals surface area (Å²) >= 11 is 0. The largest absolute Gasteiger partial charge is 0.370 e. The van der Waals surface area contributed by atoms with E-state index in [4.69, 9.17) is 5.73 Å². The van der Waals surface area contributed by atoms with Crippen LogP contribution < -0.4 is 11.1 Å². The Morgan fingerprint density at radius 2 is 1.52 bits per heavy atom. The van der Waals surface area contributed by atoms with Gasteiger partial charge in [-0.25, -0.2) is 0 Å². The molecule has 0 saturated heterocycles. The zero-order valence-corrected chi connectivity index (χ0v) is 12.4. The normalized spacial score (nSPS) is 14.1. The van der Waals surface area contributed by atoms with Gasteiger partial charge in [-0.05, 0) is 24.3 Å². The Morgan fingerprint density at radius 1 is 0.957 bits per heavy atom. The molecule has 2 amide bonds. The molecule has 0 aromatic heterocycles. The maximum Gasteiger partial charge on any atom is 0.261 e. The highest BCUT2D eigenvalue weighted by Crippen LogP contribution is 2.21. The Kier molecular flexibility index (Phi) is 4.05. The number of aliphatic imine (C=N–C) groups is 1. The molecule has 3 N–H and O–H groups in total. The molecule has 1 aliphatic heterocycles. The number of rotatable bonds is 4. The average Bonchev–Trinajstić information content (AvgIpc) is 2.81. The quantitative estimate of drug-likeness (QED) is 0.511. The van der Waals surface area contributed by atoms with Crippen molar-refractivity contribution in [3.8, 4) is 0 Å². The number of guanidine groups is 1. The molecule has 1 heterocycles. The molecule has 0 bridgehead atoms. The maximum absolute atomic E-state index is 12.2. The molecule has 0 fully saturated rings. The number of anilines is 1. The molecule has 0 unspecified atom stereocenters. The van der Waals surface area contributed by atoms with Crippen LogP contribution in [0.15, 0.2) is 59.6 Å². The zero-order chi connectivity index (χ0) is 16.2. The number of imide groups is 1. The fourth-order valence-electron chi connectivity index (χ4n) is 2.42. The summed E-state index contributed by atoms with van der Waals surface area (Å²) in [5.74, 6) is -0.321. The van der Waals surface area contributed by atoms with Crippen molar-refractivity contribution in [2.75, 3.05) is 18.4 Å². The lowest BCUT2D eigenvalue weighted by Crippen LogP contribution is -2.33. The highest BCUT2D eigenvalue weighted by atomic mass is 16.2. The first-order valence-electron chi connectivity index (χ1n) is 7.24. The predicted molar refractivity (Wildman–Crippen MR) is 88.4 cm³/mol. The van der Waals surface area contributed by atoms with Crippen molar-refractivity contribution in [3.63, 3.8) is 0 Å². The van der Waals surface area contributed by atoms with Gasteiger partial charge in [0.1, 0.15) is 0 Å². The summed E-state index contributed by atoms with van der Waals surface area (Å²) in [5, 5.41) is 2.95. The van der Waals surface area contributed by atoms with E-state index in [2.05, 4.69) is 10.3 Å². The third-order valence-electron chi connectivity index (χ3n) is 3.53. The molecule has 0 spiro atoms. The molecule has 1 aliphatic rings.